The number of rotatable bonds is 1. The van der Waals surface area contributed by atoms with E-state index in [0.717, 1.165) is 35.5 Å². The first-order valence-corrected chi connectivity index (χ1v) is 7.16. The molecular weight excluding hydrogens is 234 g/mol. The summed E-state index contributed by atoms with van der Waals surface area (Å²) in [5.41, 5.74) is 8.23. The summed E-state index contributed by atoms with van der Waals surface area (Å²) in [7, 11) is 0. The molecule has 2 N–H and O–H groups in total. The Bertz CT molecular complexity index is 584. The van der Waals surface area contributed by atoms with Crippen molar-refractivity contribution in [1.29, 1.82) is 0 Å². The fourth-order valence-electron chi connectivity index (χ4n) is 2.91. The first-order valence-electron chi connectivity index (χ1n) is 7.16. The van der Waals surface area contributed by atoms with E-state index in [9.17, 15) is 0 Å². The molecule has 1 fully saturated rings. The lowest BCUT2D eigenvalue weighted by atomic mass is 10.1. The molecule has 2 aromatic rings. The van der Waals surface area contributed by atoms with E-state index in [0.29, 0.717) is 0 Å². The molecular formula is C16H21N3. The Morgan fingerprint density at radius 3 is 2.47 bits per heavy atom. The number of nitrogens with zero attached hydrogens (tertiary/aromatic N) is 2. The lowest BCUT2D eigenvalue weighted by molar-refractivity contribution is 0.726. The second-order valence-electron chi connectivity index (χ2n) is 5.43. The zero-order valence-electron chi connectivity index (χ0n) is 11.5. The predicted octanol–water partition coefficient (Wildman–Crippen LogP) is 3.51. The van der Waals surface area contributed by atoms with Gasteiger partial charge in [-0.2, -0.15) is 0 Å². The fraction of sp³-hybridized carbons (Fsp3) is 0.438. The molecule has 19 heavy (non-hydrogen) atoms. The third kappa shape index (κ3) is 2.25. The first-order chi connectivity index (χ1) is 9.27. The monoisotopic (exact) mass is 255 g/mol. The van der Waals surface area contributed by atoms with Gasteiger partial charge in [-0.1, -0.05) is 25.0 Å². The highest BCUT2D eigenvalue weighted by atomic mass is 15.2. The lowest BCUT2D eigenvalue weighted by Gasteiger charge is -2.23. The van der Waals surface area contributed by atoms with Gasteiger partial charge in [-0.15, -0.1) is 0 Å². The Balaban J connectivity index is 2.10. The van der Waals surface area contributed by atoms with Gasteiger partial charge in [0, 0.05) is 35.7 Å². The molecule has 1 aromatic heterocycles. The molecule has 1 saturated heterocycles. The molecule has 0 amide bonds. The van der Waals surface area contributed by atoms with Crippen LogP contribution in [0.4, 0.5) is 11.5 Å². The van der Waals surface area contributed by atoms with Crippen molar-refractivity contribution in [3.8, 4) is 0 Å². The van der Waals surface area contributed by atoms with Gasteiger partial charge in [-0.25, -0.2) is 4.98 Å². The molecule has 0 radical (unpaired) electrons. The average molecular weight is 255 g/mol. The van der Waals surface area contributed by atoms with Crippen LogP contribution in [0.5, 0.6) is 0 Å². The Morgan fingerprint density at radius 2 is 1.74 bits per heavy atom. The van der Waals surface area contributed by atoms with Gasteiger partial charge in [0.2, 0.25) is 0 Å². The van der Waals surface area contributed by atoms with Crippen molar-refractivity contribution in [2.75, 3.05) is 23.7 Å². The number of pyridine rings is 1. The Hall–Kier alpha value is -1.77. The average Bonchev–Trinajstić information content (AvgIpc) is 2.71. The SMILES string of the molecule is Cc1ccc2c(N3CCCCCC3)nccc2c1N. The van der Waals surface area contributed by atoms with Crippen molar-refractivity contribution in [3.05, 3.63) is 30.0 Å². The largest absolute Gasteiger partial charge is 0.398 e. The van der Waals surface area contributed by atoms with Crippen LogP contribution >= 0.6 is 0 Å². The van der Waals surface area contributed by atoms with Gasteiger partial charge in [0.25, 0.3) is 0 Å². The third-order valence-electron chi connectivity index (χ3n) is 4.09. The summed E-state index contributed by atoms with van der Waals surface area (Å²) in [6.07, 6.45) is 7.09. The summed E-state index contributed by atoms with van der Waals surface area (Å²) < 4.78 is 0. The van der Waals surface area contributed by atoms with Crippen LogP contribution < -0.4 is 10.6 Å². The van der Waals surface area contributed by atoms with Gasteiger partial charge >= 0.3 is 0 Å². The van der Waals surface area contributed by atoms with Gasteiger partial charge in [-0.05, 0) is 31.4 Å². The van der Waals surface area contributed by atoms with E-state index in [4.69, 9.17) is 5.73 Å². The molecule has 0 bridgehead atoms. The highest BCUT2D eigenvalue weighted by Crippen LogP contribution is 2.31. The summed E-state index contributed by atoms with van der Waals surface area (Å²) in [5.74, 6) is 1.10. The minimum atomic E-state index is 0.885. The van der Waals surface area contributed by atoms with E-state index >= 15 is 0 Å². The second kappa shape index (κ2) is 5.08. The Kier molecular flexibility index (Phi) is 3.28. The Labute approximate surface area is 114 Å². The molecule has 100 valence electrons. The van der Waals surface area contributed by atoms with E-state index < -0.39 is 0 Å². The van der Waals surface area contributed by atoms with Crippen molar-refractivity contribution in [3.63, 3.8) is 0 Å². The van der Waals surface area contributed by atoms with E-state index in [1.165, 1.54) is 31.1 Å². The number of nitrogen functional groups attached to an aromatic ring is 1. The van der Waals surface area contributed by atoms with Crippen molar-refractivity contribution in [2.24, 2.45) is 0 Å². The van der Waals surface area contributed by atoms with E-state index in [2.05, 4.69) is 28.9 Å². The van der Waals surface area contributed by atoms with Crippen molar-refractivity contribution in [2.45, 2.75) is 32.6 Å². The molecule has 1 aromatic carbocycles. The number of anilines is 2. The fourth-order valence-corrected chi connectivity index (χ4v) is 2.91. The molecule has 1 aliphatic rings. The molecule has 0 aliphatic carbocycles. The van der Waals surface area contributed by atoms with Gasteiger partial charge in [0.05, 0.1) is 0 Å². The minimum Gasteiger partial charge on any atom is -0.398 e. The van der Waals surface area contributed by atoms with Crippen LogP contribution in [-0.4, -0.2) is 18.1 Å². The highest BCUT2D eigenvalue weighted by molar-refractivity contribution is 6.00. The number of benzene rings is 1. The number of fused-ring (bicyclic) bond motifs is 1. The van der Waals surface area contributed by atoms with Gasteiger partial charge in [0.1, 0.15) is 5.82 Å². The minimum absolute atomic E-state index is 0.885. The van der Waals surface area contributed by atoms with Crippen molar-refractivity contribution < 1.29 is 0 Å². The van der Waals surface area contributed by atoms with Crippen LogP contribution in [0.15, 0.2) is 24.4 Å². The maximum Gasteiger partial charge on any atom is 0.136 e. The highest BCUT2D eigenvalue weighted by Gasteiger charge is 2.14. The van der Waals surface area contributed by atoms with E-state index in [1.807, 2.05) is 12.3 Å². The van der Waals surface area contributed by atoms with Crippen LogP contribution in [0.25, 0.3) is 10.8 Å². The smallest absolute Gasteiger partial charge is 0.136 e. The molecule has 0 spiro atoms. The first kappa shape index (κ1) is 12.3. The normalized spacial score (nSPS) is 16.6. The van der Waals surface area contributed by atoms with Gasteiger partial charge in [-0.3, -0.25) is 0 Å². The summed E-state index contributed by atoms with van der Waals surface area (Å²) in [4.78, 5) is 7.03. The van der Waals surface area contributed by atoms with Crippen molar-refractivity contribution >= 4 is 22.3 Å². The van der Waals surface area contributed by atoms with E-state index in [1.54, 1.807) is 0 Å². The zero-order chi connectivity index (χ0) is 13.2. The maximum absolute atomic E-state index is 6.20. The summed E-state index contributed by atoms with van der Waals surface area (Å²) >= 11 is 0. The second-order valence-corrected chi connectivity index (χ2v) is 5.43. The number of hydrogen-bond acceptors (Lipinski definition) is 3. The standard InChI is InChI=1S/C16H21N3/c1-12-6-7-14-13(15(12)17)8-9-18-16(14)19-10-4-2-3-5-11-19/h6-9H,2-5,10-11,17H2,1H3. The number of aromatic nitrogens is 1. The molecule has 3 nitrogen and oxygen atoms in total. The molecule has 0 unspecified atom stereocenters. The van der Waals surface area contributed by atoms with E-state index in [-0.39, 0.29) is 0 Å². The molecule has 2 heterocycles. The Morgan fingerprint density at radius 1 is 1.00 bits per heavy atom. The molecule has 1 aliphatic heterocycles. The number of hydrogen-bond donors (Lipinski definition) is 1. The predicted molar refractivity (Wildman–Crippen MR) is 81.6 cm³/mol. The van der Waals surface area contributed by atoms with Gasteiger partial charge in [0.15, 0.2) is 0 Å². The van der Waals surface area contributed by atoms with Crippen molar-refractivity contribution in [1.82, 2.24) is 4.98 Å². The number of aryl methyl sites for hydroxylation is 1. The maximum atomic E-state index is 6.20. The summed E-state index contributed by atoms with van der Waals surface area (Å²) in [6.45, 7) is 4.28. The molecule has 0 atom stereocenters. The molecule has 3 rings (SSSR count). The van der Waals surface area contributed by atoms with Crippen LogP contribution in [0.2, 0.25) is 0 Å². The lowest BCUT2D eigenvalue weighted by Crippen LogP contribution is -2.25. The quantitative estimate of drug-likeness (QED) is 0.793. The molecule has 3 heteroatoms. The van der Waals surface area contributed by atoms with Crippen LogP contribution in [-0.2, 0) is 0 Å². The van der Waals surface area contributed by atoms with Crippen LogP contribution in [0, 0.1) is 6.92 Å². The van der Waals surface area contributed by atoms with Crippen LogP contribution in [0.1, 0.15) is 31.2 Å². The zero-order valence-corrected chi connectivity index (χ0v) is 11.5. The third-order valence-corrected chi connectivity index (χ3v) is 4.09. The number of nitrogens with two attached hydrogens (primary N) is 1. The van der Waals surface area contributed by atoms with Gasteiger partial charge < -0.3 is 10.6 Å². The summed E-state index contributed by atoms with van der Waals surface area (Å²) in [6, 6.07) is 6.29. The topological polar surface area (TPSA) is 42.2 Å². The van der Waals surface area contributed by atoms with Crippen LogP contribution in [0.3, 0.4) is 0 Å². The summed E-state index contributed by atoms with van der Waals surface area (Å²) in [5, 5.41) is 2.32. The molecule has 0 saturated carbocycles.